The first-order chi connectivity index (χ1) is 9.79. The molecule has 3 heteroatoms. The van der Waals surface area contributed by atoms with E-state index in [1.54, 1.807) is 0 Å². The van der Waals surface area contributed by atoms with E-state index in [4.69, 9.17) is 0 Å². The quantitative estimate of drug-likeness (QED) is 0.828. The van der Waals surface area contributed by atoms with Gasteiger partial charge in [-0.25, -0.2) is 0 Å². The fourth-order valence-electron chi connectivity index (χ4n) is 2.99. The van der Waals surface area contributed by atoms with Gasteiger partial charge in [-0.1, -0.05) is 0 Å². The number of anilines is 1. The van der Waals surface area contributed by atoms with Crippen LogP contribution in [0, 0.1) is 11.3 Å². The normalized spacial score (nSPS) is 18.8. The second-order valence-electron chi connectivity index (χ2n) is 5.44. The number of nitrogens with zero attached hydrogens (tertiary/aromatic N) is 3. The highest BCUT2D eigenvalue weighted by atomic mass is 15.2. The SMILES string of the molecule is CC1CCCCN1c1ccc(-n2cccc2)cc1C#N. The molecule has 1 aliphatic rings. The minimum absolute atomic E-state index is 0.522. The zero-order valence-corrected chi connectivity index (χ0v) is 11.8. The second-order valence-corrected chi connectivity index (χ2v) is 5.44. The van der Waals surface area contributed by atoms with Crippen molar-refractivity contribution in [1.29, 1.82) is 5.26 Å². The van der Waals surface area contributed by atoms with E-state index in [1.165, 1.54) is 19.3 Å². The molecule has 3 nitrogen and oxygen atoms in total. The van der Waals surface area contributed by atoms with Crippen molar-refractivity contribution in [3.8, 4) is 11.8 Å². The lowest BCUT2D eigenvalue weighted by atomic mass is 10.0. The summed E-state index contributed by atoms with van der Waals surface area (Å²) in [7, 11) is 0. The van der Waals surface area contributed by atoms with E-state index < -0.39 is 0 Å². The van der Waals surface area contributed by atoms with Crippen molar-refractivity contribution in [2.45, 2.75) is 32.2 Å². The highest BCUT2D eigenvalue weighted by Gasteiger charge is 2.21. The molecule has 0 amide bonds. The zero-order valence-electron chi connectivity index (χ0n) is 11.8. The molecule has 2 heterocycles. The van der Waals surface area contributed by atoms with Gasteiger partial charge in [0.2, 0.25) is 0 Å². The second kappa shape index (κ2) is 5.42. The Kier molecular flexibility index (Phi) is 3.47. The maximum Gasteiger partial charge on any atom is 0.101 e. The number of piperidine rings is 1. The molecule has 1 saturated heterocycles. The molecule has 3 rings (SSSR count). The average Bonchev–Trinajstić information content (AvgIpc) is 3.01. The molecule has 20 heavy (non-hydrogen) atoms. The number of rotatable bonds is 2. The lowest BCUT2D eigenvalue weighted by molar-refractivity contribution is 0.484. The maximum absolute atomic E-state index is 9.47. The third kappa shape index (κ3) is 2.30. The van der Waals surface area contributed by atoms with Gasteiger partial charge in [-0.15, -0.1) is 0 Å². The van der Waals surface area contributed by atoms with E-state index in [2.05, 4.69) is 30.0 Å². The molecule has 102 valence electrons. The lowest BCUT2D eigenvalue weighted by Crippen LogP contribution is -2.37. The molecule has 0 bridgehead atoms. The van der Waals surface area contributed by atoms with Gasteiger partial charge < -0.3 is 9.47 Å². The van der Waals surface area contributed by atoms with Gasteiger partial charge in [0.1, 0.15) is 6.07 Å². The summed E-state index contributed by atoms with van der Waals surface area (Å²) in [5.41, 5.74) is 2.89. The Morgan fingerprint density at radius 1 is 1.20 bits per heavy atom. The summed E-state index contributed by atoms with van der Waals surface area (Å²) in [6, 6.07) is 13.0. The molecule has 1 atom stereocenters. The van der Waals surface area contributed by atoms with Crippen molar-refractivity contribution in [2.24, 2.45) is 0 Å². The first kappa shape index (κ1) is 12.8. The van der Waals surface area contributed by atoms with Gasteiger partial charge in [-0.05, 0) is 56.5 Å². The predicted molar refractivity (Wildman–Crippen MR) is 81.1 cm³/mol. The highest BCUT2D eigenvalue weighted by Crippen LogP contribution is 2.29. The summed E-state index contributed by atoms with van der Waals surface area (Å²) in [5.74, 6) is 0. The molecule has 0 N–H and O–H groups in total. The van der Waals surface area contributed by atoms with Crippen LogP contribution in [0.3, 0.4) is 0 Å². The summed E-state index contributed by atoms with van der Waals surface area (Å²) in [6.45, 7) is 3.30. The van der Waals surface area contributed by atoms with Gasteiger partial charge in [0.05, 0.1) is 11.3 Å². The van der Waals surface area contributed by atoms with Crippen molar-refractivity contribution < 1.29 is 0 Å². The Hall–Kier alpha value is -2.21. The van der Waals surface area contributed by atoms with Crippen molar-refractivity contribution in [3.63, 3.8) is 0 Å². The molecule has 0 spiro atoms. The van der Waals surface area contributed by atoms with Gasteiger partial charge in [0.25, 0.3) is 0 Å². The molecular formula is C17H19N3. The summed E-state index contributed by atoms with van der Waals surface area (Å²) in [5, 5.41) is 9.47. The molecule has 1 aromatic heterocycles. The average molecular weight is 265 g/mol. The van der Waals surface area contributed by atoms with E-state index in [0.29, 0.717) is 6.04 Å². The molecule has 1 unspecified atom stereocenters. The van der Waals surface area contributed by atoms with E-state index in [-0.39, 0.29) is 0 Å². The first-order valence-electron chi connectivity index (χ1n) is 7.24. The topological polar surface area (TPSA) is 32.0 Å². The molecular weight excluding hydrogens is 246 g/mol. The third-order valence-corrected chi connectivity index (χ3v) is 4.12. The Bertz CT molecular complexity index is 622. The summed E-state index contributed by atoms with van der Waals surface area (Å²) >= 11 is 0. The Morgan fingerprint density at radius 2 is 2.00 bits per heavy atom. The van der Waals surface area contributed by atoms with Crippen LogP contribution in [0.4, 0.5) is 5.69 Å². The van der Waals surface area contributed by atoms with E-state index in [1.807, 2.05) is 35.2 Å². The van der Waals surface area contributed by atoms with Crippen LogP contribution in [0.1, 0.15) is 31.7 Å². The standard InChI is InChI=1S/C17H19N3/c1-14-6-2-3-11-20(14)17-8-7-16(12-15(17)13-18)19-9-4-5-10-19/h4-5,7-10,12,14H,2-3,6,11H2,1H3. The van der Waals surface area contributed by atoms with Crippen molar-refractivity contribution in [2.75, 3.05) is 11.4 Å². The molecule has 0 radical (unpaired) electrons. The van der Waals surface area contributed by atoms with Gasteiger partial charge >= 0.3 is 0 Å². The van der Waals surface area contributed by atoms with Crippen LogP contribution in [0.15, 0.2) is 42.7 Å². The van der Waals surface area contributed by atoms with Crippen LogP contribution < -0.4 is 4.90 Å². The van der Waals surface area contributed by atoms with Crippen molar-refractivity contribution in [3.05, 3.63) is 48.3 Å². The number of benzene rings is 1. The first-order valence-corrected chi connectivity index (χ1v) is 7.24. The van der Waals surface area contributed by atoms with Gasteiger partial charge in [0, 0.05) is 30.7 Å². The number of hydrogen-bond donors (Lipinski definition) is 0. The van der Waals surface area contributed by atoms with Crippen molar-refractivity contribution >= 4 is 5.69 Å². The number of hydrogen-bond acceptors (Lipinski definition) is 2. The maximum atomic E-state index is 9.47. The Balaban J connectivity index is 1.98. The highest BCUT2D eigenvalue weighted by molar-refractivity contribution is 5.63. The van der Waals surface area contributed by atoms with Crippen LogP contribution >= 0.6 is 0 Å². The van der Waals surface area contributed by atoms with Crippen LogP contribution in [0.2, 0.25) is 0 Å². The van der Waals surface area contributed by atoms with Crippen LogP contribution in [-0.2, 0) is 0 Å². The predicted octanol–water partition coefficient (Wildman–Crippen LogP) is 3.73. The number of nitriles is 1. The minimum Gasteiger partial charge on any atom is -0.368 e. The van der Waals surface area contributed by atoms with Crippen LogP contribution in [-0.4, -0.2) is 17.2 Å². The summed E-state index contributed by atoms with van der Waals surface area (Å²) in [4.78, 5) is 2.38. The van der Waals surface area contributed by atoms with E-state index in [9.17, 15) is 5.26 Å². The van der Waals surface area contributed by atoms with Gasteiger partial charge in [0.15, 0.2) is 0 Å². The van der Waals surface area contributed by atoms with Crippen LogP contribution in [0.25, 0.3) is 5.69 Å². The molecule has 0 aliphatic carbocycles. The Labute approximate surface area is 120 Å². The smallest absolute Gasteiger partial charge is 0.101 e. The fourth-order valence-corrected chi connectivity index (χ4v) is 2.99. The molecule has 1 aliphatic heterocycles. The Morgan fingerprint density at radius 3 is 2.70 bits per heavy atom. The fraction of sp³-hybridized carbons (Fsp3) is 0.353. The summed E-state index contributed by atoms with van der Waals surface area (Å²) < 4.78 is 2.03. The molecule has 1 fully saturated rings. The number of aromatic nitrogens is 1. The minimum atomic E-state index is 0.522. The van der Waals surface area contributed by atoms with E-state index in [0.717, 1.165) is 23.5 Å². The monoisotopic (exact) mass is 265 g/mol. The van der Waals surface area contributed by atoms with Crippen LogP contribution in [0.5, 0.6) is 0 Å². The van der Waals surface area contributed by atoms with E-state index >= 15 is 0 Å². The van der Waals surface area contributed by atoms with Crippen molar-refractivity contribution in [1.82, 2.24) is 4.57 Å². The summed E-state index contributed by atoms with van der Waals surface area (Å²) in [6.07, 6.45) is 7.72. The zero-order chi connectivity index (χ0) is 13.9. The van der Waals surface area contributed by atoms with Gasteiger partial charge in [-0.3, -0.25) is 0 Å². The third-order valence-electron chi connectivity index (χ3n) is 4.12. The molecule has 2 aromatic rings. The largest absolute Gasteiger partial charge is 0.368 e. The van der Waals surface area contributed by atoms with Gasteiger partial charge in [-0.2, -0.15) is 5.26 Å². The molecule has 0 saturated carbocycles. The lowest BCUT2D eigenvalue weighted by Gasteiger charge is -2.36. The molecule has 1 aromatic carbocycles.